The topological polar surface area (TPSA) is 94.5 Å². The van der Waals surface area contributed by atoms with Crippen molar-refractivity contribution >= 4 is 17.6 Å². The maximum atomic E-state index is 11.4. The Morgan fingerprint density at radius 2 is 2.20 bits per heavy atom. The number of carbonyl (C=O) groups is 2. The Morgan fingerprint density at radius 1 is 1.60 bits per heavy atom. The van der Waals surface area contributed by atoms with Crippen molar-refractivity contribution in [1.29, 1.82) is 0 Å². The van der Waals surface area contributed by atoms with E-state index in [2.05, 4.69) is 4.74 Å². The minimum atomic E-state index is -1.19. The average molecular weight is 212 g/mol. The molecule has 6 heteroatoms. The van der Waals surface area contributed by atoms with Gasteiger partial charge in [0.05, 0.1) is 5.69 Å². The molecule has 1 unspecified atom stereocenters. The van der Waals surface area contributed by atoms with Gasteiger partial charge in [0, 0.05) is 13.2 Å². The van der Waals surface area contributed by atoms with E-state index in [0.29, 0.717) is 5.69 Å². The number of rotatable bonds is 3. The molecule has 1 heterocycles. The average Bonchev–Trinajstić information content (AvgIpc) is 2.44. The van der Waals surface area contributed by atoms with Gasteiger partial charge in [0.2, 0.25) is 0 Å². The summed E-state index contributed by atoms with van der Waals surface area (Å²) in [5, 5.41) is 8.54. The van der Waals surface area contributed by atoms with Crippen molar-refractivity contribution < 1.29 is 19.4 Å². The highest BCUT2D eigenvalue weighted by Gasteiger charge is 2.19. The molecule has 0 amide bonds. The number of carboxylic acid groups (broad SMARTS) is 1. The summed E-state index contributed by atoms with van der Waals surface area (Å²) in [4.78, 5) is 21.9. The van der Waals surface area contributed by atoms with Crippen LogP contribution in [0.3, 0.4) is 0 Å². The van der Waals surface area contributed by atoms with Crippen LogP contribution in [0.2, 0.25) is 0 Å². The van der Waals surface area contributed by atoms with Gasteiger partial charge in [0.1, 0.15) is 5.69 Å². The maximum absolute atomic E-state index is 11.4. The fourth-order valence-corrected chi connectivity index (χ4v) is 1.06. The Labute approximate surface area is 86.2 Å². The lowest BCUT2D eigenvalue weighted by Gasteiger charge is -2.08. The van der Waals surface area contributed by atoms with Gasteiger partial charge in [-0.15, -0.1) is 0 Å². The fraction of sp³-hybridized carbons (Fsp3) is 0.333. The van der Waals surface area contributed by atoms with Crippen LogP contribution < -0.4 is 5.73 Å². The summed E-state index contributed by atoms with van der Waals surface area (Å²) in [6.45, 7) is 1.28. The van der Waals surface area contributed by atoms with Crippen LogP contribution in [-0.2, 0) is 16.6 Å². The molecule has 15 heavy (non-hydrogen) atoms. The number of nitrogen functional groups attached to an aromatic ring is 1. The number of aryl methyl sites for hydroxylation is 1. The Bertz CT molecular complexity index is 397. The van der Waals surface area contributed by atoms with E-state index < -0.39 is 18.0 Å². The normalized spacial score (nSPS) is 12.1. The molecule has 1 atom stereocenters. The second kappa shape index (κ2) is 4.04. The van der Waals surface area contributed by atoms with Crippen molar-refractivity contribution in [2.24, 2.45) is 7.05 Å². The number of hydrogen-bond donors (Lipinski definition) is 2. The van der Waals surface area contributed by atoms with Crippen molar-refractivity contribution in [1.82, 2.24) is 4.57 Å². The molecule has 0 fully saturated rings. The fourth-order valence-electron chi connectivity index (χ4n) is 1.06. The monoisotopic (exact) mass is 212 g/mol. The minimum absolute atomic E-state index is 0.223. The molecule has 6 nitrogen and oxygen atoms in total. The smallest absolute Gasteiger partial charge is 0.355 e. The van der Waals surface area contributed by atoms with Gasteiger partial charge in [0.25, 0.3) is 0 Å². The maximum Gasteiger partial charge on any atom is 0.355 e. The molecule has 0 radical (unpaired) electrons. The zero-order chi connectivity index (χ0) is 11.6. The zero-order valence-corrected chi connectivity index (χ0v) is 8.43. The summed E-state index contributed by atoms with van der Waals surface area (Å²) >= 11 is 0. The number of carbonyl (C=O) groups excluding carboxylic acids is 1. The molecule has 1 aromatic heterocycles. The van der Waals surface area contributed by atoms with E-state index >= 15 is 0 Å². The quantitative estimate of drug-likeness (QED) is 0.700. The van der Waals surface area contributed by atoms with Crippen LogP contribution in [0.1, 0.15) is 17.4 Å². The summed E-state index contributed by atoms with van der Waals surface area (Å²) in [5.74, 6) is -1.89. The second-order valence-corrected chi connectivity index (χ2v) is 3.16. The van der Waals surface area contributed by atoms with Crippen LogP contribution in [0, 0.1) is 0 Å². The van der Waals surface area contributed by atoms with Crippen molar-refractivity contribution in [3.05, 3.63) is 18.0 Å². The van der Waals surface area contributed by atoms with Crippen LogP contribution in [0.4, 0.5) is 5.69 Å². The first-order chi connectivity index (χ1) is 6.91. The van der Waals surface area contributed by atoms with Gasteiger partial charge in [0.15, 0.2) is 6.10 Å². The first-order valence-electron chi connectivity index (χ1n) is 4.27. The van der Waals surface area contributed by atoms with Gasteiger partial charge < -0.3 is 20.1 Å². The predicted octanol–water partition coefficient (Wildman–Crippen LogP) is 0.237. The van der Waals surface area contributed by atoms with E-state index in [4.69, 9.17) is 10.8 Å². The second-order valence-electron chi connectivity index (χ2n) is 3.16. The van der Waals surface area contributed by atoms with E-state index in [9.17, 15) is 9.59 Å². The zero-order valence-electron chi connectivity index (χ0n) is 8.43. The molecule has 0 aromatic carbocycles. The number of ether oxygens (including phenoxy) is 1. The number of aliphatic carboxylic acids is 1. The van der Waals surface area contributed by atoms with Gasteiger partial charge in [-0.05, 0) is 13.0 Å². The molecule has 0 spiro atoms. The van der Waals surface area contributed by atoms with E-state index in [1.54, 1.807) is 13.2 Å². The molecule has 0 bridgehead atoms. The molecule has 0 aliphatic heterocycles. The number of nitrogens with two attached hydrogens (primary N) is 1. The molecule has 82 valence electrons. The van der Waals surface area contributed by atoms with Crippen LogP contribution in [0.25, 0.3) is 0 Å². The third kappa shape index (κ3) is 2.49. The lowest BCUT2D eigenvalue weighted by Crippen LogP contribution is -2.24. The summed E-state index contributed by atoms with van der Waals surface area (Å²) in [5.41, 5.74) is 6.11. The summed E-state index contributed by atoms with van der Waals surface area (Å²) < 4.78 is 6.16. The Kier molecular flexibility index (Phi) is 2.99. The number of hydrogen-bond acceptors (Lipinski definition) is 4. The molecular weight excluding hydrogens is 200 g/mol. The van der Waals surface area contributed by atoms with Gasteiger partial charge >= 0.3 is 11.9 Å². The number of nitrogens with zero attached hydrogens (tertiary/aromatic N) is 1. The molecule has 3 N–H and O–H groups in total. The van der Waals surface area contributed by atoms with Crippen LogP contribution >= 0.6 is 0 Å². The van der Waals surface area contributed by atoms with E-state index in [1.165, 1.54) is 17.6 Å². The highest BCUT2D eigenvalue weighted by Crippen LogP contribution is 2.10. The summed E-state index contributed by atoms with van der Waals surface area (Å²) in [6.07, 6.45) is 0.371. The predicted molar refractivity (Wildman–Crippen MR) is 52.3 cm³/mol. The van der Waals surface area contributed by atoms with E-state index in [-0.39, 0.29) is 5.69 Å². The van der Waals surface area contributed by atoms with Crippen molar-refractivity contribution in [3.63, 3.8) is 0 Å². The molecule has 0 saturated carbocycles. The van der Waals surface area contributed by atoms with Gasteiger partial charge in [-0.25, -0.2) is 9.59 Å². The highest BCUT2D eigenvalue weighted by molar-refractivity contribution is 5.90. The van der Waals surface area contributed by atoms with Gasteiger partial charge in [-0.3, -0.25) is 0 Å². The molecule has 0 aliphatic carbocycles. The molecule has 0 aliphatic rings. The van der Waals surface area contributed by atoms with E-state index in [0.717, 1.165) is 0 Å². The lowest BCUT2D eigenvalue weighted by molar-refractivity contribution is -0.146. The van der Waals surface area contributed by atoms with Crippen LogP contribution in [-0.4, -0.2) is 27.7 Å². The van der Waals surface area contributed by atoms with Crippen LogP contribution in [0.5, 0.6) is 0 Å². The number of anilines is 1. The highest BCUT2D eigenvalue weighted by atomic mass is 16.6. The molecular formula is C9H12N2O4. The number of esters is 1. The third-order valence-electron chi connectivity index (χ3n) is 1.87. The molecule has 0 saturated heterocycles. The summed E-state index contributed by atoms with van der Waals surface area (Å²) in [7, 11) is 1.62. The largest absolute Gasteiger partial charge is 0.479 e. The third-order valence-corrected chi connectivity index (χ3v) is 1.87. The standard InChI is InChI=1S/C9H12N2O4/c1-5(8(12)13)15-9(14)7-3-6(10)4-11(7)2/h3-5H,10H2,1-2H3,(H,12,13). The molecule has 1 aromatic rings. The summed E-state index contributed by atoms with van der Waals surface area (Å²) in [6, 6.07) is 1.43. The first kappa shape index (κ1) is 11.1. The van der Waals surface area contributed by atoms with Crippen molar-refractivity contribution in [2.75, 3.05) is 5.73 Å². The Hall–Kier alpha value is -1.98. The van der Waals surface area contributed by atoms with Crippen molar-refractivity contribution in [3.8, 4) is 0 Å². The van der Waals surface area contributed by atoms with Crippen LogP contribution in [0.15, 0.2) is 12.3 Å². The van der Waals surface area contributed by atoms with E-state index in [1.807, 2.05) is 0 Å². The van der Waals surface area contributed by atoms with Gasteiger partial charge in [-0.2, -0.15) is 0 Å². The van der Waals surface area contributed by atoms with Gasteiger partial charge in [-0.1, -0.05) is 0 Å². The first-order valence-corrected chi connectivity index (χ1v) is 4.27. The Morgan fingerprint density at radius 3 is 2.60 bits per heavy atom. The lowest BCUT2D eigenvalue weighted by atomic mass is 10.4. The Balaban J connectivity index is 2.77. The van der Waals surface area contributed by atoms with Crippen molar-refractivity contribution in [2.45, 2.75) is 13.0 Å². The number of carboxylic acids is 1. The minimum Gasteiger partial charge on any atom is -0.479 e. The SMILES string of the molecule is CC(OC(=O)c1cc(N)cn1C)C(=O)O. The number of aromatic nitrogens is 1. The molecule has 1 rings (SSSR count).